The number of pyridine rings is 1. The summed E-state index contributed by atoms with van der Waals surface area (Å²) in [4.78, 5) is 15.1. The van der Waals surface area contributed by atoms with Crippen molar-refractivity contribution in [1.29, 1.82) is 0 Å². The minimum absolute atomic E-state index is 0.136. The number of unbranched alkanes of at least 4 members (excludes halogenated alkanes) is 8. The van der Waals surface area contributed by atoms with E-state index < -0.39 is 18.5 Å². The molecule has 0 aliphatic rings. The first-order chi connectivity index (χ1) is 12.5. The molecule has 1 aromatic rings. The third-order valence-electron chi connectivity index (χ3n) is 3.88. The first-order valence-electron chi connectivity index (χ1n) is 9.05. The number of anilines is 1. The number of nitrogen functional groups attached to an aromatic ring is 1. The van der Waals surface area contributed by atoms with Gasteiger partial charge < -0.3 is 15.2 Å². The van der Waals surface area contributed by atoms with Crippen LogP contribution in [0.1, 0.15) is 64.7 Å². The highest BCUT2D eigenvalue weighted by molar-refractivity contribution is 6.39. The van der Waals surface area contributed by atoms with Gasteiger partial charge in [-0.15, -0.1) is 0 Å². The standard InChI is InChI=1S/C18H27Cl2FN2O3/c1-2-3-4-5-6-7-8-9-10-11-25-13(24)12-26-18-15(20)16(22)14(19)17(21)23-18/h2-12H2,1H3,(H2,22,23). The van der Waals surface area contributed by atoms with E-state index in [4.69, 9.17) is 38.4 Å². The molecular weight excluding hydrogens is 382 g/mol. The lowest BCUT2D eigenvalue weighted by Gasteiger charge is -2.10. The third kappa shape index (κ3) is 8.41. The van der Waals surface area contributed by atoms with Crippen molar-refractivity contribution in [3.05, 3.63) is 16.0 Å². The summed E-state index contributed by atoms with van der Waals surface area (Å²) in [6.07, 6.45) is 10.6. The lowest BCUT2D eigenvalue weighted by Crippen LogP contribution is -2.16. The highest BCUT2D eigenvalue weighted by atomic mass is 35.5. The van der Waals surface area contributed by atoms with Gasteiger partial charge in [0.05, 0.1) is 12.3 Å². The van der Waals surface area contributed by atoms with E-state index in [9.17, 15) is 9.18 Å². The molecular formula is C18H27Cl2FN2O3. The summed E-state index contributed by atoms with van der Waals surface area (Å²) < 4.78 is 23.5. The van der Waals surface area contributed by atoms with E-state index in [1.807, 2.05) is 0 Å². The largest absolute Gasteiger partial charge is 0.464 e. The molecule has 0 radical (unpaired) electrons. The Morgan fingerprint density at radius 1 is 1.04 bits per heavy atom. The zero-order chi connectivity index (χ0) is 19.4. The Hall–Kier alpha value is -1.27. The highest BCUT2D eigenvalue weighted by Crippen LogP contribution is 2.35. The van der Waals surface area contributed by atoms with Crippen LogP contribution in [-0.4, -0.2) is 24.2 Å². The quantitative estimate of drug-likeness (QED) is 0.262. The van der Waals surface area contributed by atoms with E-state index in [2.05, 4.69) is 11.9 Å². The SMILES string of the molecule is CCCCCCCCCCCOC(=O)COc1nc(F)c(Cl)c(N)c1Cl. The lowest BCUT2D eigenvalue weighted by molar-refractivity contribution is -0.146. The Morgan fingerprint density at radius 3 is 2.23 bits per heavy atom. The van der Waals surface area contributed by atoms with Crippen molar-refractivity contribution in [2.45, 2.75) is 64.7 Å². The molecule has 0 spiro atoms. The molecule has 0 saturated carbocycles. The molecule has 0 amide bonds. The van der Waals surface area contributed by atoms with Crippen molar-refractivity contribution in [2.24, 2.45) is 0 Å². The second kappa shape index (κ2) is 13.0. The second-order valence-electron chi connectivity index (χ2n) is 6.09. The smallest absolute Gasteiger partial charge is 0.344 e. The Kier molecular flexibility index (Phi) is 11.4. The molecule has 8 heteroatoms. The van der Waals surface area contributed by atoms with Crippen LogP contribution < -0.4 is 10.5 Å². The molecule has 0 aliphatic heterocycles. The predicted octanol–water partition coefficient (Wildman–Crippen LogP) is 5.56. The number of hydrogen-bond acceptors (Lipinski definition) is 5. The molecule has 148 valence electrons. The minimum Gasteiger partial charge on any atom is -0.464 e. The molecule has 0 saturated heterocycles. The lowest BCUT2D eigenvalue weighted by atomic mass is 10.1. The number of nitrogens with zero attached hydrogens (tertiary/aromatic N) is 1. The summed E-state index contributed by atoms with van der Waals surface area (Å²) in [6, 6.07) is 0. The second-order valence-corrected chi connectivity index (χ2v) is 6.84. The van der Waals surface area contributed by atoms with E-state index in [0.717, 1.165) is 19.3 Å². The maximum Gasteiger partial charge on any atom is 0.344 e. The van der Waals surface area contributed by atoms with Crippen molar-refractivity contribution in [3.63, 3.8) is 0 Å². The van der Waals surface area contributed by atoms with Gasteiger partial charge in [-0.25, -0.2) is 4.79 Å². The number of carbonyl (C=O) groups excluding carboxylic acids is 1. The number of hydrogen-bond donors (Lipinski definition) is 1. The van der Waals surface area contributed by atoms with Crippen LogP contribution in [0.4, 0.5) is 10.1 Å². The molecule has 5 nitrogen and oxygen atoms in total. The zero-order valence-corrected chi connectivity index (χ0v) is 16.7. The van der Waals surface area contributed by atoms with Gasteiger partial charge in [-0.2, -0.15) is 9.37 Å². The molecule has 2 N–H and O–H groups in total. The van der Waals surface area contributed by atoms with E-state index in [-0.39, 0.29) is 21.6 Å². The molecule has 1 aromatic heterocycles. The van der Waals surface area contributed by atoms with Crippen LogP contribution >= 0.6 is 23.2 Å². The molecule has 1 heterocycles. The molecule has 1 rings (SSSR count). The zero-order valence-electron chi connectivity index (χ0n) is 15.2. The highest BCUT2D eigenvalue weighted by Gasteiger charge is 2.17. The van der Waals surface area contributed by atoms with Gasteiger partial charge in [0.2, 0.25) is 11.8 Å². The van der Waals surface area contributed by atoms with Crippen LogP contribution in [0.15, 0.2) is 0 Å². The Bertz CT molecular complexity index is 574. The third-order valence-corrected chi connectivity index (χ3v) is 4.60. The van der Waals surface area contributed by atoms with Crippen LogP contribution in [0.2, 0.25) is 10.0 Å². The Balaban J connectivity index is 2.13. The maximum atomic E-state index is 13.4. The predicted molar refractivity (Wildman–Crippen MR) is 102 cm³/mol. The van der Waals surface area contributed by atoms with E-state index in [1.165, 1.54) is 38.5 Å². The van der Waals surface area contributed by atoms with Gasteiger partial charge in [-0.1, -0.05) is 81.5 Å². The van der Waals surface area contributed by atoms with Crippen LogP contribution in [0.25, 0.3) is 0 Å². The normalized spacial score (nSPS) is 10.8. The average molecular weight is 409 g/mol. The van der Waals surface area contributed by atoms with E-state index >= 15 is 0 Å². The summed E-state index contributed by atoms with van der Waals surface area (Å²) >= 11 is 11.4. The van der Waals surface area contributed by atoms with E-state index in [0.29, 0.717) is 6.61 Å². The van der Waals surface area contributed by atoms with Crippen LogP contribution in [0.5, 0.6) is 5.88 Å². The van der Waals surface area contributed by atoms with Gasteiger partial charge in [0.25, 0.3) is 0 Å². The molecule has 0 atom stereocenters. The van der Waals surface area contributed by atoms with Gasteiger partial charge in [-0.3, -0.25) is 0 Å². The molecule has 0 fully saturated rings. The Labute approximate surface area is 164 Å². The van der Waals surface area contributed by atoms with Crippen LogP contribution in [0, 0.1) is 5.95 Å². The fourth-order valence-corrected chi connectivity index (χ4v) is 2.75. The van der Waals surface area contributed by atoms with Gasteiger partial charge in [0.1, 0.15) is 10.0 Å². The average Bonchev–Trinajstić information content (AvgIpc) is 2.63. The minimum atomic E-state index is -1.01. The van der Waals surface area contributed by atoms with Crippen LogP contribution in [0.3, 0.4) is 0 Å². The first kappa shape index (κ1) is 22.8. The molecule has 0 unspecified atom stereocenters. The summed E-state index contributed by atoms with van der Waals surface area (Å²) in [6.45, 7) is 2.11. The van der Waals surface area contributed by atoms with Crippen molar-refractivity contribution in [1.82, 2.24) is 4.98 Å². The van der Waals surface area contributed by atoms with Crippen LogP contribution in [-0.2, 0) is 9.53 Å². The number of nitrogens with two attached hydrogens (primary N) is 1. The number of carbonyl (C=O) groups is 1. The molecule has 0 bridgehead atoms. The van der Waals surface area contributed by atoms with Crippen molar-refractivity contribution in [2.75, 3.05) is 18.9 Å². The van der Waals surface area contributed by atoms with Gasteiger partial charge in [0, 0.05) is 0 Å². The topological polar surface area (TPSA) is 74.4 Å². The van der Waals surface area contributed by atoms with Gasteiger partial charge >= 0.3 is 5.97 Å². The number of aromatic nitrogens is 1. The van der Waals surface area contributed by atoms with Gasteiger partial charge in [0.15, 0.2) is 6.61 Å². The monoisotopic (exact) mass is 408 g/mol. The summed E-state index contributed by atoms with van der Waals surface area (Å²) in [5.41, 5.74) is 5.34. The number of halogens is 3. The maximum absolute atomic E-state index is 13.4. The molecule has 0 aliphatic carbocycles. The molecule has 26 heavy (non-hydrogen) atoms. The summed E-state index contributed by atoms with van der Waals surface area (Å²) in [5, 5.41) is -0.515. The summed E-state index contributed by atoms with van der Waals surface area (Å²) in [7, 11) is 0. The van der Waals surface area contributed by atoms with Gasteiger partial charge in [-0.05, 0) is 6.42 Å². The van der Waals surface area contributed by atoms with Crippen molar-refractivity contribution < 1.29 is 18.7 Å². The van der Waals surface area contributed by atoms with E-state index in [1.54, 1.807) is 0 Å². The molecule has 0 aromatic carbocycles. The number of esters is 1. The fraction of sp³-hybridized carbons (Fsp3) is 0.667. The van der Waals surface area contributed by atoms with Crippen molar-refractivity contribution in [3.8, 4) is 5.88 Å². The number of rotatable bonds is 13. The van der Waals surface area contributed by atoms with Crippen molar-refractivity contribution >= 4 is 34.9 Å². The Morgan fingerprint density at radius 2 is 1.62 bits per heavy atom. The number of ether oxygens (including phenoxy) is 2. The fourth-order valence-electron chi connectivity index (χ4n) is 2.37. The summed E-state index contributed by atoms with van der Waals surface area (Å²) in [5.74, 6) is -1.87. The first-order valence-corrected chi connectivity index (χ1v) is 9.81.